The van der Waals surface area contributed by atoms with Gasteiger partial charge in [0.05, 0.1) is 11.0 Å². The lowest BCUT2D eigenvalue weighted by Crippen LogP contribution is -2.31. The highest BCUT2D eigenvalue weighted by molar-refractivity contribution is 6.11. The number of benzene rings is 1. The van der Waals surface area contributed by atoms with Crippen LogP contribution in [0.15, 0.2) is 18.2 Å². The van der Waals surface area contributed by atoms with Crippen LogP contribution in [0, 0.1) is 5.41 Å². The number of aromatic amines is 1. The van der Waals surface area contributed by atoms with E-state index in [0.29, 0.717) is 24.4 Å². The van der Waals surface area contributed by atoms with Gasteiger partial charge in [-0.2, -0.15) is 13.2 Å². The molecule has 4 N–H and O–H groups in total. The van der Waals surface area contributed by atoms with E-state index in [0.717, 1.165) is 16.9 Å². The number of alkyl halides is 3. The van der Waals surface area contributed by atoms with E-state index >= 15 is 0 Å². The van der Waals surface area contributed by atoms with Crippen LogP contribution < -0.4 is 5.32 Å². The van der Waals surface area contributed by atoms with Gasteiger partial charge in [-0.15, -0.1) is 0 Å². The minimum absolute atomic E-state index is 0.409. The number of aliphatic carboxylic acids is 2. The van der Waals surface area contributed by atoms with E-state index in [2.05, 4.69) is 15.3 Å². The Morgan fingerprint density at radius 3 is 2.24 bits per heavy atom. The summed E-state index contributed by atoms with van der Waals surface area (Å²) < 4.78 is 31.7. The zero-order valence-corrected chi connectivity index (χ0v) is 15.0. The van der Waals surface area contributed by atoms with E-state index in [1.807, 2.05) is 12.1 Å². The van der Waals surface area contributed by atoms with E-state index in [9.17, 15) is 22.8 Å². The molecule has 2 aliphatic carbocycles. The first-order valence-corrected chi connectivity index (χ1v) is 8.87. The molecule has 0 aliphatic heterocycles. The summed E-state index contributed by atoms with van der Waals surface area (Å²) in [6, 6.07) is 5.44. The van der Waals surface area contributed by atoms with Gasteiger partial charge in [0.15, 0.2) is 0 Å². The Morgan fingerprint density at radius 1 is 1.17 bits per heavy atom. The van der Waals surface area contributed by atoms with Gasteiger partial charge in [-0.1, -0.05) is 6.42 Å². The normalized spacial score (nSPS) is 17.6. The van der Waals surface area contributed by atoms with Gasteiger partial charge in [0.2, 0.25) is 5.91 Å². The maximum atomic E-state index is 12.1. The average molecular weight is 413 g/mol. The number of rotatable bonds is 4. The molecule has 0 bridgehead atoms. The molecular formula is C18H18F3N3O5. The van der Waals surface area contributed by atoms with Gasteiger partial charge in [0.25, 0.3) is 0 Å². The van der Waals surface area contributed by atoms with Crippen LogP contribution in [-0.2, 0) is 14.4 Å². The van der Waals surface area contributed by atoms with E-state index < -0.39 is 29.4 Å². The Hall–Kier alpha value is -3.11. The SMILES string of the molecule is O=C(O)C(F)(F)F.O=C(O)C1(C(=O)Nc2ccc3nc(C4CCC4)[nH]c3c2)CC1. The molecule has 156 valence electrons. The lowest BCUT2D eigenvalue weighted by Gasteiger charge is -2.22. The molecule has 1 heterocycles. The number of nitrogens with one attached hydrogen (secondary N) is 2. The summed E-state index contributed by atoms with van der Waals surface area (Å²) in [6.45, 7) is 0. The van der Waals surface area contributed by atoms with Crippen LogP contribution in [0.1, 0.15) is 43.8 Å². The maximum Gasteiger partial charge on any atom is 0.490 e. The molecule has 1 amide bonds. The summed E-state index contributed by atoms with van der Waals surface area (Å²) in [4.78, 5) is 40.1. The molecule has 8 nitrogen and oxygen atoms in total. The molecule has 0 radical (unpaired) electrons. The summed E-state index contributed by atoms with van der Waals surface area (Å²) in [5, 5.41) is 19.0. The molecule has 0 saturated heterocycles. The Kier molecular flexibility index (Phi) is 5.24. The second-order valence-corrected chi connectivity index (χ2v) is 7.13. The summed E-state index contributed by atoms with van der Waals surface area (Å²) in [5.74, 6) is -2.70. The first-order valence-electron chi connectivity index (χ1n) is 8.87. The molecule has 1 aromatic heterocycles. The number of hydrogen-bond donors (Lipinski definition) is 4. The summed E-state index contributed by atoms with van der Waals surface area (Å²) in [7, 11) is 0. The topological polar surface area (TPSA) is 132 Å². The molecule has 0 atom stereocenters. The number of imidazole rings is 1. The third-order valence-corrected chi connectivity index (χ3v) is 5.09. The highest BCUT2D eigenvalue weighted by Gasteiger charge is 2.57. The number of anilines is 1. The van der Waals surface area contributed by atoms with Crippen LogP contribution in [0.3, 0.4) is 0 Å². The van der Waals surface area contributed by atoms with Crippen LogP contribution in [0.4, 0.5) is 18.9 Å². The molecule has 2 saturated carbocycles. The third kappa shape index (κ3) is 4.33. The lowest BCUT2D eigenvalue weighted by atomic mass is 9.85. The molecule has 2 aliphatic rings. The van der Waals surface area contributed by atoms with Crippen LogP contribution in [0.25, 0.3) is 11.0 Å². The number of fused-ring (bicyclic) bond motifs is 1. The van der Waals surface area contributed by atoms with Gasteiger partial charge < -0.3 is 20.5 Å². The molecule has 29 heavy (non-hydrogen) atoms. The minimum atomic E-state index is -5.08. The van der Waals surface area contributed by atoms with Gasteiger partial charge in [-0.25, -0.2) is 9.78 Å². The number of H-pyrrole nitrogens is 1. The van der Waals surface area contributed by atoms with Crippen molar-refractivity contribution >= 4 is 34.6 Å². The highest BCUT2D eigenvalue weighted by atomic mass is 19.4. The number of carboxylic acid groups (broad SMARTS) is 2. The first-order chi connectivity index (χ1) is 13.5. The number of carbonyl (C=O) groups is 3. The molecule has 4 rings (SSSR count). The monoisotopic (exact) mass is 413 g/mol. The van der Waals surface area contributed by atoms with Crippen molar-refractivity contribution in [2.24, 2.45) is 5.41 Å². The second kappa shape index (κ2) is 7.37. The standard InChI is InChI=1S/C16H17N3O3.C2HF3O2/c20-14(16(6-7-16)15(21)22)17-10-4-5-11-12(8-10)19-13(18-11)9-2-1-3-9;3-2(4,5)1(6)7/h4-5,8-9H,1-3,6-7H2,(H,17,20)(H,18,19)(H,21,22);(H,6,7). The largest absolute Gasteiger partial charge is 0.490 e. The van der Waals surface area contributed by atoms with Crippen molar-refractivity contribution in [3.63, 3.8) is 0 Å². The molecular weight excluding hydrogens is 395 g/mol. The van der Waals surface area contributed by atoms with Gasteiger partial charge in [0.1, 0.15) is 11.2 Å². The fraction of sp³-hybridized carbons (Fsp3) is 0.444. The first kappa shape index (κ1) is 20.6. The second-order valence-electron chi connectivity index (χ2n) is 7.13. The smallest absolute Gasteiger partial charge is 0.480 e. The van der Waals surface area contributed by atoms with Crippen molar-refractivity contribution in [2.75, 3.05) is 5.32 Å². The average Bonchev–Trinajstić information content (AvgIpc) is 3.29. The van der Waals surface area contributed by atoms with Gasteiger partial charge >= 0.3 is 18.1 Å². The molecule has 0 spiro atoms. The zero-order chi connectivity index (χ0) is 21.4. The fourth-order valence-electron chi connectivity index (χ4n) is 2.90. The summed E-state index contributed by atoms with van der Waals surface area (Å²) in [6.07, 6.45) is -0.673. The number of halogens is 3. The van der Waals surface area contributed by atoms with Crippen LogP contribution in [0.2, 0.25) is 0 Å². The van der Waals surface area contributed by atoms with Gasteiger partial charge in [-0.05, 0) is 43.9 Å². The van der Waals surface area contributed by atoms with Crippen molar-refractivity contribution < 1.29 is 37.8 Å². The van der Waals surface area contributed by atoms with Crippen LogP contribution in [-0.4, -0.2) is 44.2 Å². The van der Waals surface area contributed by atoms with Crippen molar-refractivity contribution in [3.8, 4) is 0 Å². The quantitative estimate of drug-likeness (QED) is 0.569. The fourth-order valence-corrected chi connectivity index (χ4v) is 2.90. The van der Waals surface area contributed by atoms with E-state index in [4.69, 9.17) is 15.0 Å². The van der Waals surface area contributed by atoms with E-state index in [-0.39, 0.29) is 0 Å². The Bertz CT molecular complexity index is 961. The van der Waals surface area contributed by atoms with Crippen molar-refractivity contribution in [3.05, 3.63) is 24.0 Å². The van der Waals surface area contributed by atoms with Gasteiger partial charge in [0, 0.05) is 11.6 Å². The third-order valence-electron chi connectivity index (χ3n) is 5.09. The minimum Gasteiger partial charge on any atom is -0.480 e. The molecule has 0 unspecified atom stereocenters. The van der Waals surface area contributed by atoms with E-state index in [1.165, 1.54) is 19.3 Å². The van der Waals surface area contributed by atoms with Crippen LogP contribution in [0.5, 0.6) is 0 Å². The number of carbonyl (C=O) groups excluding carboxylic acids is 1. The van der Waals surface area contributed by atoms with Gasteiger partial charge in [-0.3, -0.25) is 9.59 Å². The predicted molar refractivity (Wildman–Crippen MR) is 94.3 cm³/mol. The number of nitrogens with zero attached hydrogens (tertiary/aromatic N) is 1. The summed E-state index contributed by atoms with van der Waals surface area (Å²) >= 11 is 0. The van der Waals surface area contributed by atoms with Crippen LogP contribution >= 0.6 is 0 Å². The number of carboxylic acids is 2. The van der Waals surface area contributed by atoms with Crippen molar-refractivity contribution in [2.45, 2.75) is 44.2 Å². The predicted octanol–water partition coefficient (Wildman–Crippen LogP) is 3.27. The maximum absolute atomic E-state index is 12.1. The Balaban J connectivity index is 0.000000298. The highest BCUT2D eigenvalue weighted by Crippen LogP contribution is 2.46. The Morgan fingerprint density at radius 2 is 1.79 bits per heavy atom. The molecule has 2 aromatic rings. The molecule has 11 heteroatoms. The number of hydrogen-bond acceptors (Lipinski definition) is 4. The van der Waals surface area contributed by atoms with Crippen molar-refractivity contribution in [1.29, 1.82) is 0 Å². The number of aromatic nitrogens is 2. The van der Waals surface area contributed by atoms with E-state index in [1.54, 1.807) is 6.07 Å². The zero-order valence-electron chi connectivity index (χ0n) is 15.0. The summed E-state index contributed by atoms with van der Waals surface area (Å²) in [5.41, 5.74) is 1.13. The lowest BCUT2D eigenvalue weighted by molar-refractivity contribution is -0.192. The number of amides is 1. The molecule has 2 fully saturated rings. The van der Waals surface area contributed by atoms with Crippen molar-refractivity contribution in [1.82, 2.24) is 9.97 Å². The molecule has 1 aromatic carbocycles. The Labute approximate surface area is 162 Å².